The fourth-order valence-corrected chi connectivity index (χ4v) is 16.8. The molecule has 0 bridgehead atoms. The Hall–Kier alpha value is -8.15. The van der Waals surface area contributed by atoms with Gasteiger partial charge in [0.2, 0.25) is 23.6 Å². The van der Waals surface area contributed by atoms with Crippen LogP contribution in [0, 0.1) is 39.7 Å². The Labute approximate surface area is 619 Å². The molecule has 10 rings (SSSR count). The number of sulfonamides is 1. The van der Waals surface area contributed by atoms with Gasteiger partial charge in [-0.2, -0.15) is 0 Å². The standard InChI is InChI=1S/C78H96ClN11O10S3/c1-52(54-21-23-56(24-22-54)71-53(2)80-51-102-71)81-74(95)67-45-62(91)49-89(67)75(96)72(76(3,4)5)82-69(92)19-13-14-20-70(93)88-42-36-85(37-43-88)35-15-16-58-44-65(83-78(8,9)50-101-63-17-11-10-12-18-63)66(90(97)98)46-68(58)103(99,100)84-73(94)57-27-31-61(32-28-57)87-40-38-86(39-41-87)48-59-47-77(6,7)34-33-64(59)55-25-29-60(79)30-26-55/h10-12,17-18,21-32,44,46,51-52,62,67,72,83,91H,13-14,19-20,33-43,45,47-50H2,1-9H3,(H,81,95)(H,82,92)(H,84,94)/t52-,62+,67-,72+/m0/s1. The molecule has 0 spiro atoms. The van der Waals surface area contributed by atoms with Crippen molar-refractivity contribution >= 4 is 96.9 Å². The van der Waals surface area contributed by atoms with Crippen LogP contribution in [0.15, 0.2) is 136 Å². The van der Waals surface area contributed by atoms with E-state index in [1.807, 2.05) is 120 Å². The van der Waals surface area contributed by atoms with Gasteiger partial charge < -0.3 is 35.8 Å². The van der Waals surface area contributed by atoms with Gasteiger partial charge in [0.25, 0.3) is 21.6 Å². The zero-order valence-electron chi connectivity index (χ0n) is 60.4. The minimum atomic E-state index is -4.79. The molecule has 4 aliphatic rings. The maximum absolute atomic E-state index is 14.5. The van der Waals surface area contributed by atoms with E-state index in [1.54, 1.807) is 57.8 Å². The molecule has 5 N–H and O–H groups in total. The van der Waals surface area contributed by atoms with E-state index in [0.717, 1.165) is 95.4 Å². The molecular formula is C78H96ClN11O10S3. The van der Waals surface area contributed by atoms with Crippen molar-refractivity contribution in [3.05, 3.63) is 169 Å². The number of aliphatic hydroxyl groups excluding tert-OH is 1. The summed E-state index contributed by atoms with van der Waals surface area (Å²) in [5.74, 6) is 4.32. The molecule has 548 valence electrons. The van der Waals surface area contributed by atoms with E-state index in [9.17, 15) is 47.6 Å². The van der Waals surface area contributed by atoms with Crippen molar-refractivity contribution in [2.45, 2.75) is 153 Å². The van der Waals surface area contributed by atoms with Crippen LogP contribution in [-0.2, 0) is 29.2 Å². The first-order chi connectivity index (χ1) is 48.9. The molecule has 3 aliphatic heterocycles. The molecule has 1 aromatic heterocycles. The van der Waals surface area contributed by atoms with Crippen molar-refractivity contribution in [1.82, 2.24) is 39.9 Å². The van der Waals surface area contributed by atoms with E-state index in [-0.39, 0.29) is 66.4 Å². The molecule has 21 nitrogen and oxygen atoms in total. The lowest BCUT2D eigenvalue weighted by Gasteiger charge is -2.39. The van der Waals surface area contributed by atoms with E-state index in [0.29, 0.717) is 44.8 Å². The molecule has 4 heterocycles. The number of nitro benzene ring substituents is 1. The molecule has 25 heteroatoms. The van der Waals surface area contributed by atoms with Crippen molar-refractivity contribution in [2.75, 3.05) is 88.0 Å². The summed E-state index contributed by atoms with van der Waals surface area (Å²) >= 11 is 9.37. The number of nitrogens with zero attached hydrogens (tertiary/aromatic N) is 7. The summed E-state index contributed by atoms with van der Waals surface area (Å²) < 4.78 is 31.2. The highest BCUT2D eigenvalue weighted by Gasteiger charge is 2.45. The predicted molar refractivity (Wildman–Crippen MR) is 408 cm³/mol. The van der Waals surface area contributed by atoms with Gasteiger partial charge in [0, 0.05) is 129 Å². The molecule has 0 radical (unpaired) electrons. The van der Waals surface area contributed by atoms with Gasteiger partial charge in [-0.1, -0.05) is 118 Å². The van der Waals surface area contributed by atoms with Crippen LogP contribution < -0.4 is 25.6 Å². The number of hydrogen-bond donors (Lipinski definition) is 5. The van der Waals surface area contributed by atoms with Crippen molar-refractivity contribution in [2.24, 2.45) is 10.8 Å². The Morgan fingerprint density at radius 2 is 1.50 bits per heavy atom. The van der Waals surface area contributed by atoms with Crippen LogP contribution in [0.25, 0.3) is 16.0 Å². The topological polar surface area (TPSA) is 260 Å². The number of carbonyl (C=O) groups is 5. The van der Waals surface area contributed by atoms with Gasteiger partial charge in [-0.15, -0.1) is 23.1 Å². The number of nitrogens with one attached hydrogen (secondary N) is 4. The molecule has 3 saturated heterocycles. The minimum Gasteiger partial charge on any atom is -0.391 e. The molecule has 6 aromatic rings. The normalized spacial score (nSPS) is 18.1. The number of aliphatic hydroxyl groups is 1. The van der Waals surface area contributed by atoms with Gasteiger partial charge in [0.15, 0.2) is 0 Å². The number of aromatic nitrogens is 1. The first-order valence-electron chi connectivity index (χ1n) is 35.4. The number of rotatable bonds is 25. The molecule has 3 fully saturated rings. The third-order valence-corrected chi connectivity index (χ3v) is 23.7. The van der Waals surface area contributed by atoms with Crippen LogP contribution in [-0.4, -0.2) is 174 Å². The number of allylic oxidation sites excluding steroid dienone is 1. The molecule has 103 heavy (non-hydrogen) atoms. The van der Waals surface area contributed by atoms with Gasteiger partial charge in [0.05, 0.1) is 39.7 Å². The van der Waals surface area contributed by atoms with E-state index < -0.39 is 78.4 Å². The number of β-amino-alcohol motifs (C(OH)–C–C–N with tert-alkyl or cyclic N) is 1. The lowest BCUT2D eigenvalue weighted by molar-refractivity contribution is -0.384. The number of benzene rings is 5. The summed E-state index contributed by atoms with van der Waals surface area (Å²) in [5.41, 5.74) is 7.88. The monoisotopic (exact) mass is 1480 g/mol. The molecule has 5 amide bonds. The number of thioether (sulfide) groups is 1. The van der Waals surface area contributed by atoms with Crippen LogP contribution in [0.3, 0.4) is 0 Å². The summed E-state index contributed by atoms with van der Waals surface area (Å²) in [5, 5.41) is 33.6. The number of nitro groups is 1. The van der Waals surface area contributed by atoms with Crippen LogP contribution in [0.1, 0.15) is 146 Å². The fourth-order valence-electron chi connectivity index (χ4n) is 13.7. The van der Waals surface area contributed by atoms with E-state index in [1.165, 1.54) is 27.7 Å². The average molecular weight is 1480 g/mol. The quantitative estimate of drug-likeness (QED) is 0.0117. The number of amides is 5. The number of hydrogen-bond acceptors (Lipinski definition) is 17. The van der Waals surface area contributed by atoms with Crippen LogP contribution in [0.5, 0.6) is 0 Å². The molecular weight excluding hydrogens is 1380 g/mol. The van der Waals surface area contributed by atoms with Crippen LogP contribution in [0.2, 0.25) is 5.02 Å². The van der Waals surface area contributed by atoms with Crippen molar-refractivity contribution < 1.29 is 42.4 Å². The first kappa shape index (κ1) is 77.5. The Morgan fingerprint density at radius 3 is 2.16 bits per heavy atom. The van der Waals surface area contributed by atoms with E-state index in [4.69, 9.17) is 11.6 Å². The van der Waals surface area contributed by atoms with Gasteiger partial charge in [-0.3, -0.25) is 43.9 Å². The molecule has 1 aliphatic carbocycles. The summed E-state index contributed by atoms with van der Waals surface area (Å²) in [6, 6.07) is 32.4. The summed E-state index contributed by atoms with van der Waals surface area (Å²) in [6.07, 6.45) is 3.32. The number of unbranched alkanes of at least 4 members (excludes halogenated alkanes) is 1. The molecule has 0 saturated carbocycles. The second-order valence-electron chi connectivity index (χ2n) is 30.0. The SMILES string of the molecule is Cc1ncsc1-c1ccc([C@H](C)NC(=O)[C@@H]2C[C@@H](O)CN2C(=O)[C@@H](NC(=O)CCCCC(=O)N2CCN(CC#Cc3cc(NC(C)(C)CSc4ccccc4)c([N+](=O)[O-])cc3S(=O)(=O)NC(=O)c3ccc(N4CCN(CC5=C(c6ccc(Cl)cc6)CCC(C)(C)C5)CC4)cc3)CC2)C(C)(C)C)cc1. The third-order valence-electron chi connectivity index (χ3n) is 19.6. The van der Waals surface area contributed by atoms with Crippen molar-refractivity contribution in [3.8, 4) is 22.3 Å². The summed E-state index contributed by atoms with van der Waals surface area (Å²) in [6.45, 7) is 23.6. The largest absolute Gasteiger partial charge is 0.391 e. The number of halogens is 1. The lowest BCUT2D eigenvalue weighted by Crippen LogP contribution is -2.57. The zero-order valence-corrected chi connectivity index (χ0v) is 63.6. The maximum atomic E-state index is 14.5. The maximum Gasteiger partial charge on any atom is 0.293 e. The Morgan fingerprint density at radius 1 is 0.845 bits per heavy atom. The second kappa shape index (κ2) is 33.7. The average Bonchev–Trinajstić information content (AvgIpc) is 0.952. The van der Waals surface area contributed by atoms with E-state index >= 15 is 0 Å². The lowest BCUT2D eigenvalue weighted by atomic mass is 9.73. The van der Waals surface area contributed by atoms with Crippen molar-refractivity contribution in [3.63, 3.8) is 0 Å². The van der Waals surface area contributed by atoms with Gasteiger partial charge in [-0.05, 0) is 147 Å². The number of carbonyl (C=O) groups excluding carboxylic acids is 5. The van der Waals surface area contributed by atoms with E-state index in [2.05, 4.69) is 73.3 Å². The Bertz CT molecular complexity index is 4250. The highest BCUT2D eigenvalue weighted by molar-refractivity contribution is 7.99. The Balaban J connectivity index is 0.729. The second-order valence-corrected chi connectivity index (χ2v) is 33.9. The number of thiazole rings is 1. The van der Waals surface area contributed by atoms with Gasteiger partial charge in [0.1, 0.15) is 22.7 Å². The zero-order chi connectivity index (χ0) is 74.0. The highest BCUT2D eigenvalue weighted by atomic mass is 35.5. The predicted octanol–water partition coefficient (Wildman–Crippen LogP) is 12.0. The fraction of sp³-hybridized carbons (Fsp3) is 0.462. The highest BCUT2D eigenvalue weighted by Crippen LogP contribution is 2.43. The number of aryl methyl sites for hydroxylation is 1. The van der Waals surface area contributed by atoms with Crippen molar-refractivity contribution in [1.29, 1.82) is 0 Å². The van der Waals surface area contributed by atoms with Gasteiger partial charge in [-0.25, -0.2) is 18.1 Å². The Kier molecular flexibility index (Phi) is 25.4. The number of piperazine rings is 2. The number of anilines is 2. The van der Waals surface area contributed by atoms with Crippen LogP contribution in [0.4, 0.5) is 17.1 Å². The smallest absolute Gasteiger partial charge is 0.293 e. The number of likely N-dealkylation sites (tertiary alicyclic amines) is 1. The third kappa shape index (κ3) is 20.6. The molecule has 4 atom stereocenters. The molecule has 0 unspecified atom stereocenters. The van der Waals surface area contributed by atoms with Gasteiger partial charge >= 0.3 is 0 Å². The molecule has 5 aromatic carbocycles. The van der Waals surface area contributed by atoms with Crippen LogP contribution >= 0.6 is 34.7 Å². The first-order valence-corrected chi connectivity index (χ1v) is 39.1. The summed E-state index contributed by atoms with van der Waals surface area (Å²) in [4.78, 5) is 97.2. The minimum absolute atomic E-state index is 0.0479. The summed E-state index contributed by atoms with van der Waals surface area (Å²) in [7, 11) is -4.79.